The van der Waals surface area contributed by atoms with E-state index in [1.165, 1.54) is 0 Å². The first-order chi connectivity index (χ1) is 13.7. The monoisotopic (exact) mass is 398 g/mol. The van der Waals surface area contributed by atoms with E-state index in [1.54, 1.807) is 24.3 Å². The van der Waals surface area contributed by atoms with Gasteiger partial charge in [0.2, 0.25) is 0 Å². The quantitative estimate of drug-likeness (QED) is 0.513. The van der Waals surface area contributed by atoms with Crippen LogP contribution in [0.3, 0.4) is 0 Å². The van der Waals surface area contributed by atoms with E-state index < -0.39 is 11.9 Å². The summed E-state index contributed by atoms with van der Waals surface area (Å²) in [5, 5.41) is 0. The maximum atomic E-state index is 12.3. The molecule has 0 atom stereocenters. The molecule has 6 heteroatoms. The van der Waals surface area contributed by atoms with E-state index in [0.29, 0.717) is 42.1 Å². The molecular formula is C23H30N2O4. The van der Waals surface area contributed by atoms with Crippen molar-refractivity contribution >= 4 is 23.3 Å². The van der Waals surface area contributed by atoms with Gasteiger partial charge in [0.05, 0.1) is 24.3 Å². The predicted molar refractivity (Wildman–Crippen MR) is 115 cm³/mol. The van der Waals surface area contributed by atoms with Gasteiger partial charge >= 0.3 is 11.9 Å². The largest absolute Gasteiger partial charge is 0.462 e. The molecule has 2 aromatic carbocycles. The molecule has 6 nitrogen and oxygen atoms in total. The molecule has 2 rings (SSSR count). The van der Waals surface area contributed by atoms with Crippen molar-refractivity contribution in [1.29, 1.82) is 0 Å². The third-order valence-corrected chi connectivity index (χ3v) is 4.18. The van der Waals surface area contributed by atoms with Crippen LogP contribution in [0.15, 0.2) is 36.4 Å². The molecule has 0 amide bonds. The molecule has 0 saturated carbocycles. The Morgan fingerprint density at radius 2 is 1.14 bits per heavy atom. The van der Waals surface area contributed by atoms with Crippen LogP contribution in [0.2, 0.25) is 0 Å². The zero-order chi connectivity index (χ0) is 21.6. The highest BCUT2D eigenvalue weighted by atomic mass is 16.5. The van der Waals surface area contributed by atoms with Crippen LogP contribution in [-0.2, 0) is 15.9 Å². The van der Waals surface area contributed by atoms with Crippen molar-refractivity contribution < 1.29 is 19.1 Å². The van der Waals surface area contributed by atoms with E-state index in [-0.39, 0.29) is 11.8 Å². The van der Waals surface area contributed by atoms with Gasteiger partial charge in [-0.05, 0) is 53.6 Å². The Labute approximate surface area is 172 Å². The van der Waals surface area contributed by atoms with Crippen molar-refractivity contribution in [3.63, 3.8) is 0 Å². The Hall–Kier alpha value is -3.02. The van der Waals surface area contributed by atoms with Gasteiger partial charge in [0.1, 0.15) is 0 Å². The Bertz CT molecular complexity index is 804. The summed E-state index contributed by atoms with van der Waals surface area (Å²) in [4.78, 5) is 24.6. The summed E-state index contributed by atoms with van der Waals surface area (Å²) in [5.74, 6) is -0.388. The summed E-state index contributed by atoms with van der Waals surface area (Å²) in [7, 11) is 0. The highest BCUT2D eigenvalue weighted by Crippen LogP contribution is 2.21. The van der Waals surface area contributed by atoms with E-state index in [0.717, 1.165) is 11.1 Å². The average molecular weight is 399 g/mol. The molecule has 0 unspecified atom stereocenters. The van der Waals surface area contributed by atoms with Crippen LogP contribution >= 0.6 is 0 Å². The van der Waals surface area contributed by atoms with Crippen molar-refractivity contribution in [3.05, 3.63) is 58.7 Å². The Morgan fingerprint density at radius 1 is 0.759 bits per heavy atom. The zero-order valence-electron chi connectivity index (χ0n) is 17.5. The maximum absolute atomic E-state index is 12.3. The summed E-state index contributed by atoms with van der Waals surface area (Å²) in [6, 6.07) is 10.5. The van der Waals surface area contributed by atoms with Crippen molar-refractivity contribution in [3.8, 4) is 0 Å². The van der Waals surface area contributed by atoms with Crippen molar-refractivity contribution in [2.75, 3.05) is 24.7 Å². The summed E-state index contributed by atoms with van der Waals surface area (Å²) in [6.45, 7) is 8.55. The fourth-order valence-corrected chi connectivity index (χ4v) is 2.66. The first-order valence-corrected chi connectivity index (χ1v) is 9.78. The SMILES string of the molecule is CC(C)COC(=O)c1cc(Cc2ccc(N)c(C(=O)OCC(C)C)c2)ccc1N. The van der Waals surface area contributed by atoms with Crippen LogP contribution in [-0.4, -0.2) is 25.2 Å². The summed E-state index contributed by atoms with van der Waals surface area (Å²) in [6.07, 6.45) is 0.509. The third-order valence-electron chi connectivity index (χ3n) is 4.18. The summed E-state index contributed by atoms with van der Waals surface area (Å²) in [5.41, 5.74) is 15.1. The maximum Gasteiger partial charge on any atom is 0.340 e. The summed E-state index contributed by atoms with van der Waals surface area (Å²) >= 11 is 0. The number of hydrogen-bond acceptors (Lipinski definition) is 6. The highest BCUT2D eigenvalue weighted by molar-refractivity contribution is 5.96. The molecule has 0 bridgehead atoms. The first-order valence-electron chi connectivity index (χ1n) is 9.78. The second-order valence-corrected chi connectivity index (χ2v) is 8.00. The van der Waals surface area contributed by atoms with Crippen LogP contribution in [0, 0.1) is 11.8 Å². The van der Waals surface area contributed by atoms with E-state index in [9.17, 15) is 9.59 Å². The summed E-state index contributed by atoms with van der Waals surface area (Å²) < 4.78 is 10.6. The van der Waals surface area contributed by atoms with E-state index in [4.69, 9.17) is 20.9 Å². The van der Waals surface area contributed by atoms with E-state index in [2.05, 4.69) is 0 Å². The number of hydrogen-bond donors (Lipinski definition) is 2. The Kier molecular flexibility index (Phi) is 7.65. The van der Waals surface area contributed by atoms with Crippen LogP contribution < -0.4 is 11.5 Å². The van der Waals surface area contributed by atoms with Gasteiger partial charge in [-0.15, -0.1) is 0 Å². The van der Waals surface area contributed by atoms with Crippen molar-refractivity contribution in [1.82, 2.24) is 0 Å². The Morgan fingerprint density at radius 3 is 1.48 bits per heavy atom. The second-order valence-electron chi connectivity index (χ2n) is 8.00. The minimum absolute atomic E-state index is 0.243. The molecule has 0 saturated heterocycles. The lowest BCUT2D eigenvalue weighted by Crippen LogP contribution is -2.13. The highest BCUT2D eigenvalue weighted by Gasteiger charge is 2.15. The first kappa shape index (κ1) is 22.3. The van der Waals surface area contributed by atoms with Gasteiger partial charge in [-0.2, -0.15) is 0 Å². The second kappa shape index (κ2) is 9.96. The molecule has 29 heavy (non-hydrogen) atoms. The molecule has 0 heterocycles. The topological polar surface area (TPSA) is 105 Å². The van der Waals surface area contributed by atoms with Gasteiger partial charge in [0, 0.05) is 11.4 Å². The number of carbonyl (C=O) groups excluding carboxylic acids is 2. The van der Waals surface area contributed by atoms with Gasteiger partial charge in [-0.1, -0.05) is 39.8 Å². The van der Waals surface area contributed by atoms with Crippen molar-refractivity contribution in [2.45, 2.75) is 34.1 Å². The fourth-order valence-electron chi connectivity index (χ4n) is 2.66. The molecule has 0 aromatic heterocycles. The standard InChI is InChI=1S/C23H30N2O4/c1-14(2)12-28-22(26)18-10-16(5-7-20(18)24)9-17-6-8-21(25)19(11-17)23(27)29-13-15(3)4/h5-8,10-11,14-15H,9,12-13,24-25H2,1-4H3. The molecule has 0 radical (unpaired) electrons. The molecule has 0 aliphatic heterocycles. The van der Waals surface area contributed by atoms with Gasteiger partial charge < -0.3 is 20.9 Å². The number of ether oxygens (including phenoxy) is 2. The third kappa shape index (κ3) is 6.52. The van der Waals surface area contributed by atoms with Gasteiger partial charge in [-0.25, -0.2) is 9.59 Å². The number of nitrogens with two attached hydrogens (primary N) is 2. The molecule has 2 aromatic rings. The lowest BCUT2D eigenvalue weighted by molar-refractivity contribution is 0.0452. The minimum Gasteiger partial charge on any atom is -0.462 e. The van der Waals surface area contributed by atoms with Crippen molar-refractivity contribution in [2.24, 2.45) is 11.8 Å². The molecule has 156 valence electrons. The van der Waals surface area contributed by atoms with Gasteiger partial charge in [0.15, 0.2) is 0 Å². The minimum atomic E-state index is -0.437. The molecule has 0 spiro atoms. The normalized spacial score (nSPS) is 11.0. The van der Waals surface area contributed by atoms with Crippen LogP contribution in [0.5, 0.6) is 0 Å². The number of benzene rings is 2. The van der Waals surface area contributed by atoms with Crippen LogP contribution in [0.4, 0.5) is 11.4 Å². The van der Waals surface area contributed by atoms with Gasteiger partial charge in [0.25, 0.3) is 0 Å². The van der Waals surface area contributed by atoms with Crippen LogP contribution in [0.1, 0.15) is 59.5 Å². The van der Waals surface area contributed by atoms with E-state index >= 15 is 0 Å². The Balaban J connectivity index is 2.19. The number of rotatable bonds is 8. The molecule has 4 N–H and O–H groups in total. The number of nitrogen functional groups attached to an aromatic ring is 2. The predicted octanol–water partition coefficient (Wildman–Crippen LogP) is 4.07. The zero-order valence-corrected chi connectivity index (χ0v) is 17.5. The fraction of sp³-hybridized carbons (Fsp3) is 0.391. The average Bonchev–Trinajstić information content (AvgIpc) is 2.67. The molecular weight excluding hydrogens is 368 g/mol. The lowest BCUT2D eigenvalue weighted by Gasteiger charge is -2.12. The van der Waals surface area contributed by atoms with Crippen LogP contribution in [0.25, 0.3) is 0 Å². The number of carbonyl (C=O) groups is 2. The molecule has 0 fully saturated rings. The lowest BCUT2D eigenvalue weighted by atomic mass is 9.99. The number of anilines is 2. The smallest absolute Gasteiger partial charge is 0.340 e. The number of esters is 2. The molecule has 0 aliphatic carbocycles. The van der Waals surface area contributed by atoms with E-state index in [1.807, 2.05) is 39.8 Å². The van der Waals surface area contributed by atoms with Gasteiger partial charge in [-0.3, -0.25) is 0 Å². The molecule has 0 aliphatic rings.